The zero-order valence-corrected chi connectivity index (χ0v) is 9.98. The van der Waals surface area contributed by atoms with Crippen LogP contribution in [0.2, 0.25) is 0 Å². The van der Waals surface area contributed by atoms with Gasteiger partial charge in [-0.05, 0) is 43.3 Å². The summed E-state index contributed by atoms with van der Waals surface area (Å²) in [6, 6.07) is 3.18. The van der Waals surface area contributed by atoms with E-state index in [1.807, 2.05) is 13.8 Å². The molecule has 90 valence electrons. The molecule has 1 aromatic heterocycles. The molecule has 0 amide bonds. The molecule has 5 nitrogen and oxygen atoms in total. The molecule has 0 unspecified atom stereocenters. The summed E-state index contributed by atoms with van der Waals surface area (Å²) in [5.41, 5.74) is 7.17. The van der Waals surface area contributed by atoms with Gasteiger partial charge in [-0.25, -0.2) is 9.07 Å². The van der Waals surface area contributed by atoms with Crippen molar-refractivity contribution in [1.82, 2.24) is 20.2 Å². The second kappa shape index (κ2) is 4.12. The minimum atomic E-state index is -0.349. The SMILES string of the molecule is Cc1c(N)cc(-c2nnnn2C(C)C)cc1F. The van der Waals surface area contributed by atoms with Gasteiger partial charge in [-0.15, -0.1) is 5.10 Å². The van der Waals surface area contributed by atoms with Gasteiger partial charge in [0, 0.05) is 16.8 Å². The van der Waals surface area contributed by atoms with Crippen molar-refractivity contribution in [2.75, 3.05) is 5.73 Å². The molecule has 2 rings (SSSR count). The van der Waals surface area contributed by atoms with Crippen LogP contribution in [-0.2, 0) is 0 Å². The summed E-state index contributed by atoms with van der Waals surface area (Å²) < 4.78 is 15.2. The molecule has 0 aliphatic heterocycles. The molecule has 0 saturated heterocycles. The normalized spacial score (nSPS) is 11.1. The molecule has 17 heavy (non-hydrogen) atoms. The summed E-state index contributed by atoms with van der Waals surface area (Å²) in [5, 5.41) is 11.4. The maximum Gasteiger partial charge on any atom is 0.182 e. The van der Waals surface area contributed by atoms with Gasteiger partial charge in [0.25, 0.3) is 0 Å². The van der Waals surface area contributed by atoms with Crippen LogP contribution in [0.15, 0.2) is 12.1 Å². The van der Waals surface area contributed by atoms with Crippen LogP contribution in [0.5, 0.6) is 0 Å². The van der Waals surface area contributed by atoms with E-state index in [2.05, 4.69) is 15.5 Å². The van der Waals surface area contributed by atoms with Crippen molar-refractivity contribution in [1.29, 1.82) is 0 Å². The van der Waals surface area contributed by atoms with Crippen LogP contribution in [0.3, 0.4) is 0 Å². The Morgan fingerprint density at radius 3 is 2.65 bits per heavy atom. The standard InChI is InChI=1S/C11H14FN5/c1-6(2)17-11(14-15-16-17)8-4-9(12)7(3)10(13)5-8/h4-6H,13H2,1-3H3. The highest BCUT2D eigenvalue weighted by Crippen LogP contribution is 2.25. The second-order valence-electron chi connectivity index (χ2n) is 4.21. The lowest BCUT2D eigenvalue weighted by Crippen LogP contribution is -2.06. The number of anilines is 1. The lowest BCUT2D eigenvalue weighted by Gasteiger charge is -2.09. The quantitative estimate of drug-likeness (QED) is 0.808. The van der Waals surface area contributed by atoms with Crippen LogP contribution in [-0.4, -0.2) is 20.2 Å². The predicted octanol–water partition coefficient (Wildman–Crippen LogP) is 1.95. The number of hydrogen-bond acceptors (Lipinski definition) is 4. The molecule has 0 saturated carbocycles. The average molecular weight is 235 g/mol. The molecule has 2 N–H and O–H groups in total. The largest absolute Gasteiger partial charge is 0.398 e. The van der Waals surface area contributed by atoms with Crippen molar-refractivity contribution in [2.24, 2.45) is 0 Å². The minimum absolute atomic E-state index is 0.102. The number of tetrazole rings is 1. The van der Waals surface area contributed by atoms with Gasteiger partial charge in [0.15, 0.2) is 5.82 Å². The summed E-state index contributed by atoms with van der Waals surface area (Å²) in [6.45, 7) is 5.54. The number of halogens is 1. The van der Waals surface area contributed by atoms with E-state index in [1.165, 1.54) is 6.07 Å². The maximum atomic E-state index is 13.6. The first-order valence-corrected chi connectivity index (χ1v) is 5.34. The van der Waals surface area contributed by atoms with Gasteiger partial charge in [0.2, 0.25) is 0 Å². The maximum absolute atomic E-state index is 13.6. The van der Waals surface area contributed by atoms with Crippen molar-refractivity contribution in [3.63, 3.8) is 0 Å². The Morgan fingerprint density at radius 1 is 1.35 bits per heavy atom. The fourth-order valence-corrected chi connectivity index (χ4v) is 1.56. The Labute approximate surface area is 98.4 Å². The molecule has 6 heteroatoms. The number of rotatable bonds is 2. The van der Waals surface area contributed by atoms with Gasteiger partial charge < -0.3 is 5.73 Å². The van der Waals surface area contributed by atoms with Crippen molar-refractivity contribution < 1.29 is 4.39 Å². The van der Waals surface area contributed by atoms with Crippen LogP contribution in [0.4, 0.5) is 10.1 Å². The number of hydrogen-bond donors (Lipinski definition) is 1. The number of nitrogen functional groups attached to an aromatic ring is 1. The molecule has 0 bridgehead atoms. The van der Waals surface area contributed by atoms with E-state index >= 15 is 0 Å². The Morgan fingerprint density at radius 2 is 2.06 bits per heavy atom. The molecular weight excluding hydrogens is 221 g/mol. The van der Waals surface area contributed by atoms with Gasteiger partial charge in [-0.3, -0.25) is 0 Å². The van der Waals surface area contributed by atoms with E-state index in [4.69, 9.17) is 5.73 Å². The van der Waals surface area contributed by atoms with Crippen molar-refractivity contribution >= 4 is 5.69 Å². The molecule has 0 fully saturated rings. The summed E-state index contributed by atoms with van der Waals surface area (Å²) in [7, 11) is 0. The lowest BCUT2D eigenvalue weighted by atomic mass is 10.1. The third-order valence-corrected chi connectivity index (χ3v) is 2.62. The minimum Gasteiger partial charge on any atom is -0.398 e. The van der Waals surface area contributed by atoms with Crippen molar-refractivity contribution in [2.45, 2.75) is 26.8 Å². The van der Waals surface area contributed by atoms with Crippen LogP contribution in [0, 0.1) is 12.7 Å². The van der Waals surface area contributed by atoms with Gasteiger partial charge in [0.1, 0.15) is 5.82 Å². The van der Waals surface area contributed by atoms with Crippen LogP contribution in [0.25, 0.3) is 11.4 Å². The number of nitrogens with zero attached hydrogens (tertiary/aromatic N) is 4. The van der Waals surface area contributed by atoms with Gasteiger partial charge in [-0.1, -0.05) is 0 Å². The Kier molecular flexibility index (Phi) is 2.79. The highest BCUT2D eigenvalue weighted by Gasteiger charge is 2.14. The molecule has 1 aromatic carbocycles. The molecular formula is C11H14FN5. The molecule has 0 aliphatic carbocycles. The van der Waals surface area contributed by atoms with E-state index in [1.54, 1.807) is 17.7 Å². The van der Waals surface area contributed by atoms with E-state index in [0.717, 1.165) is 0 Å². The smallest absolute Gasteiger partial charge is 0.182 e. The molecule has 2 aromatic rings. The first kappa shape index (κ1) is 11.5. The lowest BCUT2D eigenvalue weighted by molar-refractivity contribution is 0.519. The van der Waals surface area contributed by atoms with Crippen LogP contribution >= 0.6 is 0 Å². The molecule has 1 heterocycles. The molecule has 0 radical (unpaired) electrons. The van der Waals surface area contributed by atoms with Gasteiger partial charge in [0.05, 0.1) is 6.04 Å². The zero-order chi connectivity index (χ0) is 12.6. The topological polar surface area (TPSA) is 69.6 Å². The van der Waals surface area contributed by atoms with E-state index in [0.29, 0.717) is 22.6 Å². The highest BCUT2D eigenvalue weighted by atomic mass is 19.1. The first-order valence-electron chi connectivity index (χ1n) is 5.34. The van der Waals surface area contributed by atoms with Crippen molar-refractivity contribution in [3.8, 4) is 11.4 Å². The Balaban J connectivity index is 2.57. The molecule has 0 atom stereocenters. The number of aromatic nitrogens is 4. The third kappa shape index (κ3) is 1.98. The highest BCUT2D eigenvalue weighted by molar-refractivity contribution is 5.64. The van der Waals surface area contributed by atoms with Gasteiger partial charge >= 0.3 is 0 Å². The van der Waals surface area contributed by atoms with Crippen molar-refractivity contribution in [3.05, 3.63) is 23.5 Å². The molecule has 0 spiro atoms. The number of nitrogens with two attached hydrogens (primary N) is 1. The Bertz CT molecular complexity index is 524. The van der Waals surface area contributed by atoms with E-state index in [-0.39, 0.29) is 11.9 Å². The second-order valence-corrected chi connectivity index (χ2v) is 4.21. The summed E-state index contributed by atoms with van der Waals surface area (Å²) >= 11 is 0. The summed E-state index contributed by atoms with van der Waals surface area (Å²) in [6.07, 6.45) is 0. The van der Waals surface area contributed by atoms with E-state index < -0.39 is 0 Å². The van der Waals surface area contributed by atoms with Crippen LogP contribution < -0.4 is 5.73 Å². The monoisotopic (exact) mass is 235 g/mol. The fourth-order valence-electron chi connectivity index (χ4n) is 1.56. The third-order valence-electron chi connectivity index (χ3n) is 2.62. The van der Waals surface area contributed by atoms with Crippen LogP contribution in [0.1, 0.15) is 25.5 Å². The predicted molar refractivity (Wildman–Crippen MR) is 62.7 cm³/mol. The summed E-state index contributed by atoms with van der Waals surface area (Å²) in [4.78, 5) is 0. The zero-order valence-electron chi connectivity index (χ0n) is 9.98. The first-order chi connectivity index (χ1) is 8.00. The Hall–Kier alpha value is -1.98. The van der Waals surface area contributed by atoms with Gasteiger partial charge in [-0.2, -0.15) is 0 Å². The summed E-state index contributed by atoms with van der Waals surface area (Å²) in [5.74, 6) is 0.170. The number of benzene rings is 1. The fraction of sp³-hybridized carbons (Fsp3) is 0.364. The average Bonchev–Trinajstić information content (AvgIpc) is 2.74. The molecule has 0 aliphatic rings. The van der Waals surface area contributed by atoms with E-state index in [9.17, 15) is 4.39 Å².